The standard InChI is InChI=1S/C11H12N2O2/c12-4-3-9-5-7-1-2-8(11(13)14)6-10(7)15-9/h1-2,5-6H,3-4,12H2,(H2,13,14). The summed E-state index contributed by atoms with van der Waals surface area (Å²) < 4.78 is 5.51. The fourth-order valence-corrected chi connectivity index (χ4v) is 1.50. The van der Waals surface area contributed by atoms with Crippen molar-refractivity contribution >= 4 is 16.9 Å². The van der Waals surface area contributed by atoms with Crippen molar-refractivity contribution in [3.8, 4) is 0 Å². The van der Waals surface area contributed by atoms with Crippen LogP contribution in [-0.2, 0) is 6.42 Å². The number of furan rings is 1. The highest BCUT2D eigenvalue weighted by molar-refractivity contribution is 5.96. The first kappa shape index (κ1) is 9.73. The normalized spacial score (nSPS) is 10.7. The van der Waals surface area contributed by atoms with Crippen molar-refractivity contribution in [1.29, 1.82) is 0 Å². The number of rotatable bonds is 3. The molecule has 0 aliphatic carbocycles. The summed E-state index contributed by atoms with van der Waals surface area (Å²) in [5.74, 6) is 0.378. The van der Waals surface area contributed by atoms with Gasteiger partial charge < -0.3 is 15.9 Å². The molecule has 1 amide bonds. The number of fused-ring (bicyclic) bond motifs is 1. The Morgan fingerprint density at radius 1 is 1.33 bits per heavy atom. The van der Waals surface area contributed by atoms with Gasteiger partial charge in [0.05, 0.1) is 0 Å². The van der Waals surface area contributed by atoms with Crippen LogP contribution >= 0.6 is 0 Å². The molecule has 2 rings (SSSR count). The van der Waals surface area contributed by atoms with E-state index in [0.29, 0.717) is 24.1 Å². The summed E-state index contributed by atoms with van der Waals surface area (Å²) in [5.41, 5.74) is 11.7. The molecule has 0 saturated carbocycles. The first-order valence-corrected chi connectivity index (χ1v) is 4.73. The van der Waals surface area contributed by atoms with Crippen LogP contribution in [0.3, 0.4) is 0 Å². The third-order valence-corrected chi connectivity index (χ3v) is 2.25. The molecular formula is C11H12N2O2. The van der Waals surface area contributed by atoms with Crippen LogP contribution in [0.1, 0.15) is 16.1 Å². The van der Waals surface area contributed by atoms with Crippen molar-refractivity contribution in [1.82, 2.24) is 0 Å². The summed E-state index contributed by atoms with van der Waals surface area (Å²) in [6.45, 7) is 0.544. The van der Waals surface area contributed by atoms with Gasteiger partial charge in [0.2, 0.25) is 5.91 Å². The Morgan fingerprint density at radius 2 is 2.13 bits per heavy atom. The molecule has 1 aromatic heterocycles. The molecule has 0 saturated heterocycles. The molecule has 0 atom stereocenters. The van der Waals surface area contributed by atoms with E-state index in [1.54, 1.807) is 12.1 Å². The number of carbonyl (C=O) groups excluding carboxylic acids is 1. The molecule has 2 aromatic rings. The van der Waals surface area contributed by atoms with E-state index in [1.807, 2.05) is 12.1 Å². The predicted octanol–water partition coefficient (Wildman–Crippen LogP) is 1.03. The van der Waals surface area contributed by atoms with E-state index in [9.17, 15) is 4.79 Å². The van der Waals surface area contributed by atoms with Crippen molar-refractivity contribution in [2.75, 3.05) is 6.54 Å². The monoisotopic (exact) mass is 204 g/mol. The average molecular weight is 204 g/mol. The lowest BCUT2D eigenvalue weighted by Crippen LogP contribution is -2.10. The summed E-state index contributed by atoms with van der Waals surface area (Å²) in [6.07, 6.45) is 0.695. The molecule has 1 heterocycles. The molecule has 0 aliphatic heterocycles. The summed E-state index contributed by atoms with van der Waals surface area (Å²) in [6, 6.07) is 7.08. The highest BCUT2D eigenvalue weighted by atomic mass is 16.3. The molecule has 78 valence electrons. The molecule has 4 nitrogen and oxygen atoms in total. The Bertz CT molecular complexity index is 502. The average Bonchev–Trinajstić information content (AvgIpc) is 2.59. The lowest BCUT2D eigenvalue weighted by molar-refractivity contribution is 0.100. The molecular weight excluding hydrogens is 192 g/mol. The Balaban J connectivity index is 2.47. The second kappa shape index (κ2) is 3.74. The first-order chi connectivity index (χ1) is 7.20. The van der Waals surface area contributed by atoms with Crippen molar-refractivity contribution < 1.29 is 9.21 Å². The van der Waals surface area contributed by atoms with E-state index in [4.69, 9.17) is 15.9 Å². The second-order valence-electron chi connectivity index (χ2n) is 3.37. The van der Waals surface area contributed by atoms with Gasteiger partial charge >= 0.3 is 0 Å². The highest BCUT2D eigenvalue weighted by Gasteiger charge is 2.06. The maximum absolute atomic E-state index is 10.9. The van der Waals surface area contributed by atoms with Crippen LogP contribution in [0, 0.1) is 0 Å². The molecule has 0 bridgehead atoms. The molecule has 0 spiro atoms. The molecule has 1 aromatic carbocycles. The van der Waals surface area contributed by atoms with Crippen LogP contribution in [0.2, 0.25) is 0 Å². The van der Waals surface area contributed by atoms with Crippen LogP contribution in [0.5, 0.6) is 0 Å². The Labute approximate surface area is 86.8 Å². The molecule has 4 N–H and O–H groups in total. The van der Waals surface area contributed by atoms with E-state index < -0.39 is 5.91 Å². The molecule has 0 radical (unpaired) electrons. The summed E-state index contributed by atoms with van der Waals surface area (Å²) >= 11 is 0. The lowest BCUT2D eigenvalue weighted by atomic mass is 10.1. The minimum Gasteiger partial charge on any atom is -0.461 e. The van der Waals surface area contributed by atoms with Gasteiger partial charge in [-0.15, -0.1) is 0 Å². The van der Waals surface area contributed by atoms with Crippen LogP contribution < -0.4 is 11.5 Å². The molecule has 0 unspecified atom stereocenters. The van der Waals surface area contributed by atoms with Gasteiger partial charge in [0, 0.05) is 17.4 Å². The fourth-order valence-electron chi connectivity index (χ4n) is 1.50. The van der Waals surface area contributed by atoms with Gasteiger partial charge in [-0.05, 0) is 24.7 Å². The maximum Gasteiger partial charge on any atom is 0.248 e. The van der Waals surface area contributed by atoms with E-state index in [-0.39, 0.29) is 0 Å². The number of nitrogens with two attached hydrogens (primary N) is 2. The van der Waals surface area contributed by atoms with Crippen LogP contribution in [0.15, 0.2) is 28.7 Å². The minimum atomic E-state index is -0.450. The SMILES string of the molecule is NCCc1cc2ccc(C(N)=O)cc2o1. The van der Waals surface area contributed by atoms with E-state index in [2.05, 4.69) is 0 Å². The number of amides is 1. The van der Waals surface area contributed by atoms with E-state index in [1.165, 1.54) is 0 Å². The Morgan fingerprint density at radius 3 is 2.80 bits per heavy atom. The van der Waals surface area contributed by atoms with Gasteiger partial charge in [-0.3, -0.25) is 4.79 Å². The molecule has 15 heavy (non-hydrogen) atoms. The third kappa shape index (κ3) is 1.85. The van der Waals surface area contributed by atoms with Gasteiger partial charge in [0.15, 0.2) is 0 Å². The largest absolute Gasteiger partial charge is 0.461 e. The number of carbonyl (C=O) groups is 1. The fraction of sp³-hybridized carbons (Fsp3) is 0.182. The zero-order valence-electron chi connectivity index (χ0n) is 8.19. The van der Waals surface area contributed by atoms with Gasteiger partial charge in [-0.1, -0.05) is 6.07 Å². The predicted molar refractivity (Wildman–Crippen MR) is 57.5 cm³/mol. The Kier molecular flexibility index (Phi) is 2.43. The number of benzene rings is 1. The van der Waals surface area contributed by atoms with Crippen molar-refractivity contribution in [2.45, 2.75) is 6.42 Å². The first-order valence-electron chi connectivity index (χ1n) is 4.73. The smallest absolute Gasteiger partial charge is 0.248 e. The zero-order valence-corrected chi connectivity index (χ0v) is 8.19. The van der Waals surface area contributed by atoms with E-state index in [0.717, 1.165) is 11.1 Å². The molecule has 4 heteroatoms. The van der Waals surface area contributed by atoms with Crippen molar-refractivity contribution in [2.24, 2.45) is 11.5 Å². The highest BCUT2D eigenvalue weighted by Crippen LogP contribution is 2.20. The second-order valence-corrected chi connectivity index (χ2v) is 3.37. The Hall–Kier alpha value is -1.81. The van der Waals surface area contributed by atoms with Crippen LogP contribution in [0.4, 0.5) is 0 Å². The number of primary amides is 1. The zero-order chi connectivity index (χ0) is 10.8. The maximum atomic E-state index is 10.9. The quantitative estimate of drug-likeness (QED) is 0.783. The third-order valence-electron chi connectivity index (χ3n) is 2.25. The van der Waals surface area contributed by atoms with Crippen LogP contribution in [-0.4, -0.2) is 12.5 Å². The topological polar surface area (TPSA) is 82.2 Å². The summed E-state index contributed by atoms with van der Waals surface area (Å²) in [4.78, 5) is 10.9. The van der Waals surface area contributed by atoms with Crippen LogP contribution in [0.25, 0.3) is 11.0 Å². The summed E-state index contributed by atoms with van der Waals surface area (Å²) in [5, 5.41) is 0.962. The lowest BCUT2D eigenvalue weighted by Gasteiger charge is -1.93. The van der Waals surface area contributed by atoms with Gasteiger partial charge in [-0.2, -0.15) is 0 Å². The van der Waals surface area contributed by atoms with Gasteiger partial charge in [0.25, 0.3) is 0 Å². The molecule has 0 fully saturated rings. The van der Waals surface area contributed by atoms with Crippen molar-refractivity contribution in [3.63, 3.8) is 0 Å². The van der Waals surface area contributed by atoms with Gasteiger partial charge in [0.1, 0.15) is 11.3 Å². The van der Waals surface area contributed by atoms with E-state index >= 15 is 0 Å². The summed E-state index contributed by atoms with van der Waals surface area (Å²) in [7, 11) is 0. The number of hydrogen-bond acceptors (Lipinski definition) is 3. The van der Waals surface area contributed by atoms with Crippen molar-refractivity contribution in [3.05, 3.63) is 35.6 Å². The number of hydrogen-bond donors (Lipinski definition) is 2. The van der Waals surface area contributed by atoms with Gasteiger partial charge in [-0.25, -0.2) is 0 Å². The minimum absolute atomic E-state index is 0.450. The molecule has 0 aliphatic rings.